The number of methoxy groups -OCH3 is 1. The van der Waals surface area contributed by atoms with Gasteiger partial charge in [0.25, 0.3) is 0 Å². The van der Waals surface area contributed by atoms with Crippen LogP contribution in [0.5, 0.6) is 5.75 Å². The molecule has 0 aliphatic heterocycles. The maximum Gasteiger partial charge on any atom is 0.356 e. The van der Waals surface area contributed by atoms with Gasteiger partial charge in [0.2, 0.25) is 0 Å². The Labute approximate surface area is 141 Å². The third kappa shape index (κ3) is 4.59. The van der Waals surface area contributed by atoms with Crippen molar-refractivity contribution in [1.29, 1.82) is 0 Å². The summed E-state index contributed by atoms with van der Waals surface area (Å²) in [6.45, 7) is 2.41. The predicted molar refractivity (Wildman–Crippen MR) is 92.1 cm³/mol. The number of ether oxygens (including phenoxy) is 2. The number of benzene rings is 2. The number of carbonyl (C=O) groups is 1. The van der Waals surface area contributed by atoms with E-state index >= 15 is 0 Å². The number of aryl methyl sites for hydroxylation is 1. The molecule has 0 aliphatic rings. The average Bonchev–Trinajstić information content (AvgIpc) is 2.61. The van der Waals surface area contributed by atoms with Gasteiger partial charge in [0.05, 0.1) is 7.11 Å². The minimum atomic E-state index is -0.508. The van der Waals surface area contributed by atoms with Crippen molar-refractivity contribution >= 4 is 11.7 Å². The van der Waals surface area contributed by atoms with E-state index in [0.29, 0.717) is 13.0 Å². The average molecular weight is 327 g/mol. The molecule has 0 aliphatic carbocycles. The van der Waals surface area contributed by atoms with Crippen LogP contribution in [-0.2, 0) is 27.4 Å². The molecule has 5 nitrogen and oxygen atoms in total. The quantitative estimate of drug-likeness (QED) is 0.445. The number of para-hydroxylation sites is 1. The summed E-state index contributed by atoms with van der Waals surface area (Å²) in [4.78, 5) is 16.5. The fourth-order valence-electron chi connectivity index (χ4n) is 2.29. The molecular weight excluding hydrogens is 306 g/mol. The molecule has 5 heteroatoms. The SMILES string of the molecule is CO/N=C(\Cc1ccccc1COc1ccccc1C)C(=O)OC. The first-order chi connectivity index (χ1) is 11.7. The summed E-state index contributed by atoms with van der Waals surface area (Å²) in [6.07, 6.45) is 0.313. The van der Waals surface area contributed by atoms with Crippen LogP contribution in [0.3, 0.4) is 0 Å². The van der Waals surface area contributed by atoms with Gasteiger partial charge in [0.1, 0.15) is 19.5 Å². The molecule has 2 aromatic rings. The summed E-state index contributed by atoms with van der Waals surface area (Å²) in [5, 5.41) is 3.77. The van der Waals surface area contributed by atoms with Gasteiger partial charge in [-0.25, -0.2) is 4.79 Å². The van der Waals surface area contributed by atoms with Gasteiger partial charge in [0, 0.05) is 6.42 Å². The summed E-state index contributed by atoms with van der Waals surface area (Å²) < 4.78 is 10.6. The Balaban J connectivity index is 2.16. The van der Waals surface area contributed by atoms with Crippen LogP contribution in [-0.4, -0.2) is 25.9 Å². The number of nitrogens with zero attached hydrogens (tertiary/aromatic N) is 1. The number of hydrogen-bond acceptors (Lipinski definition) is 5. The van der Waals surface area contributed by atoms with E-state index in [0.717, 1.165) is 22.4 Å². The van der Waals surface area contributed by atoms with E-state index < -0.39 is 5.97 Å². The fourth-order valence-corrected chi connectivity index (χ4v) is 2.29. The van der Waals surface area contributed by atoms with Crippen molar-refractivity contribution < 1.29 is 19.1 Å². The van der Waals surface area contributed by atoms with Crippen molar-refractivity contribution in [3.05, 3.63) is 65.2 Å². The van der Waals surface area contributed by atoms with Crippen LogP contribution >= 0.6 is 0 Å². The van der Waals surface area contributed by atoms with E-state index in [1.807, 2.05) is 55.5 Å². The lowest BCUT2D eigenvalue weighted by Crippen LogP contribution is -2.19. The molecule has 0 unspecified atom stereocenters. The van der Waals surface area contributed by atoms with Crippen molar-refractivity contribution in [1.82, 2.24) is 0 Å². The second-order valence-electron chi connectivity index (χ2n) is 5.21. The smallest absolute Gasteiger partial charge is 0.356 e. The van der Waals surface area contributed by atoms with Gasteiger partial charge in [-0.3, -0.25) is 0 Å². The Morgan fingerprint density at radius 2 is 1.67 bits per heavy atom. The van der Waals surface area contributed by atoms with Gasteiger partial charge in [0.15, 0.2) is 5.71 Å². The van der Waals surface area contributed by atoms with Crippen LogP contribution in [0.4, 0.5) is 0 Å². The number of esters is 1. The number of carbonyl (C=O) groups excluding carboxylic acids is 1. The van der Waals surface area contributed by atoms with Crippen LogP contribution in [0.2, 0.25) is 0 Å². The van der Waals surface area contributed by atoms with Gasteiger partial charge in [-0.1, -0.05) is 47.6 Å². The highest BCUT2D eigenvalue weighted by Gasteiger charge is 2.16. The van der Waals surface area contributed by atoms with Gasteiger partial charge in [-0.15, -0.1) is 0 Å². The second kappa shape index (κ2) is 8.72. The maximum atomic E-state index is 11.8. The molecule has 0 atom stereocenters. The van der Waals surface area contributed by atoms with Gasteiger partial charge in [-0.2, -0.15) is 0 Å². The molecule has 0 saturated heterocycles. The van der Waals surface area contributed by atoms with E-state index in [4.69, 9.17) is 14.3 Å². The predicted octanol–water partition coefficient (Wildman–Crippen LogP) is 3.29. The first kappa shape index (κ1) is 17.5. The summed E-state index contributed by atoms with van der Waals surface area (Å²) in [5.74, 6) is 0.331. The molecule has 0 saturated carbocycles. The summed E-state index contributed by atoms with van der Waals surface area (Å²) >= 11 is 0. The Morgan fingerprint density at radius 3 is 2.33 bits per heavy atom. The molecule has 2 rings (SSSR count). The second-order valence-corrected chi connectivity index (χ2v) is 5.21. The van der Waals surface area contributed by atoms with Crippen LogP contribution in [0, 0.1) is 6.92 Å². The largest absolute Gasteiger partial charge is 0.489 e. The lowest BCUT2D eigenvalue weighted by molar-refractivity contribution is -0.133. The van der Waals surface area contributed by atoms with Crippen LogP contribution in [0.1, 0.15) is 16.7 Å². The Hall–Kier alpha value is -2.82. The van der Waals surface area contributed by atoms with Crippen molar-refractivity contribution in [3.8, 4) is 5.75 Å². The molecule has 2 aromatic carbocycles. The maximum absolute atomic E-state index is 11.8. The highest BCUT2D eigenvalue weighted by Crippen LogP contribution is 2.19. The molecule has 0 amide bonds. The highest BCUT2D eigenvalue weighted by molar-refractivity contribution is 6.36. The first-order valence-corrected chi connectivity index (χ1v) is 7.59. The van der Waals surface area contributed by atoms with Crippen LogP contribution in [0.15, 0.2) is 53.7 Å². The first-order valence-electron chi connectivity index (χ1n) is 7.59. The molecule has 24 heavy (non-hydrogen) atoms. The highest BCUT2D eigenvalue weighted by atomic mass is 16.6. The van der Waals surface area contributed by atoms with Crippen molar-refractivity contribution in [3.63, 3.8) is 0 Å². The van der Waals surface area contributed by atoms with E-state index in [9.17, 15) is 4.79 Å². The topological polar surface area (TPSA) is 57.1 Å². The Bertz CT molecular complexity index is 725. The van der Waals surface area contributed by atoms with Gasteiger partial charge in [-0.05, 0) is 29.7 Å². The van der Waals surface area contributed by atoms with Crippen LogP contribution in [0.25, 0.3) is 0 Å². The molecule has 0 aromatic heterocycles. The van der Waals surface area contributed by atoms with E-state index in [-0.39, 0.29) is 5.71 Å². The molecule has 0 bridgehead atoms. The third-order valence-corrected chi connectivity index (χ3v) is 3.58. The number of rotatable bonds is 7. The van der Waals surface area contributed by atoms with E-state index in [1.165, 1.54) is 14.2 Å². The Morgan fingerprint density at radius 1 is 1.00 bits per heavy atom. The van der Waals surface area contributed by atoms with E-state index in [1.54, 1.807) is 0 Å². The zero-order valence-electron chi connectivity index (χ0n) is 14.1. The van der Waals surface area contributed by atoms with Crippen molar-refractivity contribution in [2.45, 2.75) is 20.0 Å². The molecule has 126 valence electrons. The summed E-state index contributed by atoms with van der Waals surface area (Å²) in [7, 11) is 2.72. The minimum Gasteiger partial charge on any atom is -0.489 e. The number of hydrogen-bond donors (Lipinski definition) is 0. The summed E-state index contributed by atoms with van der Waals surface area (Å²) in [5.41, 5.74) is 3.20. The number of oxime groups is 1. The zero-order valence-corrected chi connectivity index (χ0v) is 14.1. The summed E-state index contributed by atoms with van der Waals surface area (Å²) in [6, 6.07) is 15.6. The fraction of sp³-hybridized carbons (Fsp3) is 0.263. The standard InChI is InChI=1S/C19H21NO4/c1-14-8-4-7-11-18(14)24-13-16-10-6-5-9-15(16)12-17(20-23-3)19(21)22-2/h4-11H,12-13H2,1-3H3/b20-17+. The van der Waals surface area contributed by atoms with Gasteiger partial charge >= 0.3 is 5.97 Å². The van der Waals surface area contributed by atoms with E-state index in [2.05, 4.69) is 5.16 Å². The molecule has 0 heterocycles. The normalized spacial score (nSPS) is 11.0. The molecule has 0 radical (unpaired) electrons. The molecule has 0 spiro atoms. The molecule has 0 fully saturated rings. The Kier molecular flexibility index (Phi) is 6.37. The third-order valence-electron chi connectivity index (χ3n) is 3.58. The van der Waals surface area contributed by atoms with Crippen molar-refractivity contribution in [2.75, 3.05) is 14.2 Å². The molecule has 0 N–H and O–H groups in total. The van der Waals surface area contributed by atoms with Crippen LogP contribution < -0.4 is 4.74 Å². The lowest BCUT2D eigenvalue weighted by Gasteiger charge is -2.13. The molecular formula is C19H21NO4. The monoisotopic (exact) mass is 327 g/mol. The van der Waals surface area contributed by atoms with Gasteiger partial charge < -0.3 is 14.3 Å². The van der Waals surface area contributed by atoms with Crippen molar-refractivity contribution in [2.24, 2.45) is 5.16 Å². The lowest BCUT2D eigenvalue weighted by atomic mass is 10.0. The minimum absolute atomic E-state index is 0.211. The zero-order chi connectivity index (χ0) is 17.4.